The zero-order chi connectivity index (χ0) is 16.7. The minimum atomic E-state index is -0.616. The van der Waals surface area contributed by atoms with Crippen LogP contribution < -0.4 is 15.4 Å². The highest BCUT2D eigenvalue weighted by Gasteiger charge is 2.17. The first-order valence-corrected chi connectivity index (χ1v) is 7.14. The van der Waals surface area contributed by atoms with Crippen LogP contribution in [0.15, 0.2) is 18.2 Å². The van der Waals surface area contributed by atoms with Gasteiger partial charge in [-0.25, -0.2) is 0 Å². The number of carbonyl (C=O) groups excluding carboxylic acids is 3. The fourth-order valence-electron chi connectivity index (χ4n) is 1.99. The molecule has 0 saturated carbocycles. The molecule has 1 rings (SSSR count). The van der Waals surface area contributed by atoms with Crippen LogP contribution in [0.1, 0.15) is 36.7 Å². The molecule has 1 unspecified atom stereocenters. The number of benzene rings is 1. The van der Waals surface area contributed by atoms with E-state index < -0.39 is 6.04 Å². The molecule has 2 N–H and O–H groups in total. The molecule has 120 valence electrons. The first kappa shape index (κ1) is 17.7. The van der Waals surface area contributed by atoms with Crippen molar-refractivity contribution in [3.63, 3.8) is 0 Å². The lowest BCUT2D eigenvalue weighted by atomic mass is 10.0. The van der Waals surface area contributed by atoms with E-state index in [0.717, 1.165) is 0 Å². The Morgan fingerprint density at radius 3 is 2.50 bits per heavy atom. The summed E-state index contributed by atoms with van der Waals surface area (Å²) in [4.78, 5) is 35.1. The number of ketones is 1. The van der Waals surface area contributed by atoms with Crippen LogP contribution in [0.5, 0.6) is 5.75 Å². The Kier molecular flexibility index (Phi) is 6.56. The van der Waals surface area contributed by atoms with Crippen molar-refractivity contribution in [3.05, 3.63) is 29.3 Å². The van der Waals surface area contributed by atoms with Gasteiger partial charge in [0, 0.05) is 17.7 Å². The summed E-state index contributed by atoms with van der Waals surface area (Å²) in [6.45, 7) is 5.40. The molecule has 22 heavy (non-hydrogen) atoms. The molecule has 1 aromatic carbocycles. The van der Waals surface area contributed by atoms with Gasteiger partial charge in [0.25, 0.3) is 0 Å². The molecule has 0 radical (unpaired) electrons. The summed E-state index contributed by atoms with van der Waals surface area (Å²) < 4.78 is 5.20. The van der Waals surface area contributed by atoms with Gasteiger partial charge in [-0.15, -0.1) is 0 Å². The topological polar surface area (TPSA) is 84.5 Å². The van der Waals surface area contributed by atoms with Crippen molar-refractivity contribution in [2.45, 2.75) is 33.2 Å². The second kappa shape index (κ2) is 8.17. The highest BCUT2D eigenvalue weighted by Crippen LogP contribution is 2.20. The highest BCUT2D eigenvalue weighted by atomic mass is 16.5. The maximum atomic E-state index is 12.0. The minimum Gasteiger partial charge on any atom is -0.496 e. The Balaban J connectivity index is 2.80. The summed E-state index contributed by atoms with van der Waals surface area (Å²) in [5.41, 5.74) is 1.12. The Morgan fingerprint density at radius 1 is 1.27 bits per heavy atom. The Labute approximate surface area is 130 Å². The molecule has 0 saturated heterocycles. The van der Waals surface area contributed by atoms with E-state index >= 15 is 0 Å². The lowest BCUT2D eigenvalue weighted by Crippen LogP contribution is -2.45. The van der Waals surface area contributed by atoms with Crippen molar-refractivity contribution in [3.8, 4) is 5.75 Å². The molecule has 1 atom stereocenters. The van der Waals surface area contributed by atoms with Crippen molar-refractivity contribution in [2.24, 2.45) is 0 Å². The van der Waals surface area contributed by atoms with Crippen LogP contribution in [0.2, 0.25) is 0 Å². The summed E-state index contributed by atoms with van der Waals surface area (Å²) >= 11 is 0. The van der Waals surface area contributed by atoms with Crippen LogP contribution in [0.25, 0.3) is 0 Å². The van der Waals surface area contributed by atoms with Crippen LogP contribution in [-0.4, -0.2) is 37.3 Å². The molecule has 0 aliphatic carbocycles. The van der Waals surface area contributed by atoms with Gasteiger partial charge in [-0.3, -0.25) is 14.4 Å². The van der Waals surface area contributed by atoms with Crippen molar-refractivity contribution in [2.75, 3.05) is 13.7 Å². The van der Waals surface area contributed by atoms with E-state index in [2.05, 4.69) is 10.6 Å². The van der Waals surface area contributed by atoms with E-state index in [9.17, 15) is 14.4 Å². The lowest BCUT2D eigenvalue weighted by molar-refractivity contribution is -0.128. The van der Waals surface area contributed by atoms with Crippen LogP contribution in [0.4, 0.5) is 0 Å². The van der Waals surface area contributed by atoms with E-state index in [0.29, 0.717) is 23.4 Å². The third-order valence-corrected chi connectivity index (χ3v) is 3.16. The van der Waals surface area contributed by atoms with Gasteiger partial charge in [-0.2, -0.15) is 0 Å². The molecular formula is C16H22N2O4. The van der Waals surface area contributed by atoms with Crippen LogP contribution in [-0.2, 0) is 16.0 Å². The molecule has 0 bridgehead atoms. The molecule has 0 aliphatic rings. The summed E-state index contributed by atoms with van der Waals surface area (Å²) in [7, 11) is 1.50. The number of nitrogens with one attached hydrogen (secondary N) is 2. The number of likely N-dealkylation sites (N-methyl/N-ethyl adjacent to an activating group) is 1. The van der Waals surface area contributed by atoms with Gasteiger partial charge in [0.05, 0.1) is 13.5 Å². The predicted molar refractivity (Wildman–Crippen MR) is 83.0 cm³/mol. The number of hydrogen-bond acceptors (Lipinski definition) is 4. The molecule has 0 aliphatic heterocycles. The van der Waals surface area contributed by atoms with Gasteiger partial charge in [0.1, 0.15) is 11.8 Å². The lowest BCUT2D eigenvalue weighted by Gasteiger charge is -2.14. The molecule has 1 aromatic rings. The van der Waals surface area contributed by atoms with Gasteiger partial charge in [-0.05, 0) is 39.0 Å². The fourth-order valence-corrected chi connectivity index (χ4v) is 1.99. The molecule has 0 spiro atoms. The van der Waals surface area contributed by atoms with Crippen LogP contribution in [0.3, 0.4) is 0 Å². The van der Waals surface area contributed by atoms with Crippen molar-refractivity contribution < 1.29 is 19.1 Å². The number of ether oxygens (including phenoxy) is 1. The first-order valence-electron chi connectivity index (χ1n) is 7.14. The molecular weight excluding hydrogens is 284 g/mol. The Morgan fingerprint density at radius 2 is 1.95 bits per heavy atom. The van der Waals surface area contributed by atoms with E-state index in [1.165, 1.54) is 14.0 Å². The van der Waals surface area contributed by atoms with Gasteiger partial charge in [-0.1, -0.05) is 0 Å². The van der Waals surface area contributed by atoms with Crippen LogP contribution >= 0.6 is 0 Å². The smallest absolute Gasteiger partial charge is 0.242 e. The third kappa shape index (κ3) is 4.87. The summed E-state index contributed by atoms with van der Waals surface area (Å²) in [5, 5.41) is 5.26. The number of amides is 2. The number of methoxy groups -OCH3 is 1. The van der Waals surface area contributed by atoms with Gasteiger partial charge in [0.2, 0.25) is 11.8 Å². The summed E-state index contributed by atoms with van der Waals surface area (Å²) in [6.07, 6.45) is 0.0358. The largest absolute Gasteiger partial charge is 0.496 e. The molecule has 0 heterocycles. The van der Waals surface area contributed by atoms with Crippen molar-refractivity contribution in [1.29, 1.82) is 0 Å². The fraction of sp³-hybridized carbons (Fsp3) is 0.438. The van der Waals surface area contributed by atoms with Crippen molar-refractivity contribution in [1.82, 2.24) is 10.6 Å². The predicted octanol–water partition coefficient (Wildman–Crippen LogP) is 1.08. The monoisotopic (exact) mass is 306 g/mol. The van der Waals surface area contributed by atoms with Crippen LogP contribution in [0, 0.1) is 0 Å². The number of hydrogen-bond donors (Lipinski definition) is 2. The quantitative estimate of drug-likeness (QED) is 0.738. The maximum Gasteiger partial charge on any atom is 0.242 e. The van der Waals surface area contributed by atoms with Gasteiger partial charge < -0.3 is 15.4 Å². The molecule has 2 amide bonds. The average Bonchev–Trinajstić information content (AvgIpc) is 2.47. The summed E-state index contributed by atoms with van der Waals surface area (Å²) in [5.74, 6) is -0.0936. The zero-order valence-electron chi connectivity index (χ0n) is 13.4. The SMILES string of the molecule is CCNC(=O)C(C)NC(=O)Cc1cc(C(C)=O)ccc1OC. The van der Waals surface area contributed by atoms with E-state index in [-0.39, 0.29) is 24.0 Å². The third-order valence-electron chi connectivity index (χ3n) is 3.16. The van der Waals surface area contributed by atoms with E-state index in [1.54, 1.807) is 25.1 Å². The van der Waals surface area contributed by atoms with E-state index in [4.69, 9.17) is 4.74 Å². The molecule has 0 fully saturated rings. The second-order valence-corrected chi connectivity index (χ2v) is 4.94. The molecule has 0 aromatic heterocycles. The van der Waals surface area contributed by atoms with Crippen molar-refractivity contribution >= 4 is 17.6 Å². The Hall–Kier alpha value is -2.37. The normalized spacial score (nSPS) is 11.5. The minimum absolute atomic E-state index is 0.0358. The average molecular weight is 306 g/mol. The maximum absolute atomic E-state index is 12.0. The number of Topliss-reactive ketones (excluding diaryl/α,β-unsaturated/α-hetero) is 1. The van der Waals surface area contributed by atoms with Gasteiger partial charge >= 0.3 is 0 Å². The number of rotatable bonds is 7. The van der Waals surface area contributed by atoms with E-state index in [1.807, 2.05) is 6.92 Å². The highest BCUT2D eigenvalue weighted by molar-refractivity contribution is 5.95. The summed E-state index contributed by atoms with van der Waals surface area (Å²) in [6, 6.07) is 4.33. The standard InChI is InChI=1S/C16H22N2O4/c1-5-17-16(21)10(2)18-15(20)9-13-8-12(11(3)19)6-7-14(13)22-4/h6-8,10H,5,9H2,1-4H3,(H,17,21)(H,18,20). The number of carbonyl (C=O) groups is 3. The molecule has 6 heteroatoms. The second-order valence-electron chi connectivity index (χ2n) is 4.94. The first-order chi connectivity index (χ1) is 10.4. The zero-order valence-corrected chi connectivity index (χ0v) is 13.4. The molecule has 6 nitrogen and oxygen atoms in total. The van der Waals surface area contributed by atoms with Gasteiger partial charge in [0.15, 0.2) is 5.78 Å². The Bertz CT molecular complexity index is 569.